The van der Waals surface area contributed by atoms with Crippen LogP contribution in [0.25, 0.3) is 0 Å². The van der Waals surface area contributed by atoms with Gasteiger partial charge in [-0.3, -0.25) is 10.1 Å². The van der Waals surface area contributed by atoms with Gasteiger partial charge in [-0.15, -0.1) is 11.8 Å². The molecule has 25 heavy (non-hydrogen) atoms. The zero-order chi connectivity index (χ0) is 18.0. The van der Waals surface area contributed by atoms with Gasteiger partial charge in [-0.1, -0.05) is 64.6 Å². The number of hydrogen-bond donors (Lipinski definition) is 2. The summed E-state index contributed by atoms with van der Waals surface area (Å²) < 4.78 is 0. The zero-order valence-electron chi connectivity index (χ0n) is 12.8. The van der Waals surface area contributed by atoms with Crippen molar-refractivity contribution in [2.45, 2.75) is 16.3 Å². The van der Waals surface area contributed by atoms with E-state index in [1.165, 1.54) is 0 Å². The highest BCUT2D eigenvalue weighted by Crippen LogP contribution is 2.42. The Balaban J connectivity index is 1.69. The summed E-state index contributed by atoms with van der Waals surface area (Å²) in [5, 5.41) is 7.65. The van der Waals surface area contributed by atoms with E-state index >= 15 is 0 Å². The SMILES string of the molecule is O=C(Nc1ccc(C2NC(c3c(Cl)cccc3Cl)CS2)cc1)C(Cl)Cl. The number of benzene rings is 2. The van der Waals surface area contributed by atoms with E-state index in [1.54, 1.807) is 11.8 Å². The average molecular weight is 436 g/mol. The van der Waals surface area contributed by atoms with E-state index in [4.69, 9.17) is 46.4 Å². The lowest BCUT2D eigenvalue weighted by Crippen LogP contribution is -2.19. The number of carbonyl (C=O) groups is 1. The fraction of sp³-hybridized carbons (Fsp3) is 0.235. The van der Waals surface area contributed by atoms with Crippen molar-refractivity contribution in [2.24, 2.45) is 0 Å². The number of amides is 1. The van der Waals surface area contributed by atoms with E-state index in [-0.39, 0.29) is 11.4 Å². The van der Waals surface area contributed by atoms with Crippen molar-refractivity contribution in [3.63, 3.8) is 0 Å². The molecule has 0 spiro atoms. The summed E-state index contributed by atoms with van der Waals surface area (Å²) >= 11 is 25.5. The third kappa shape index (κ3) is 4.57. The molecule has 1 amide bonds. The lowest BCUT2D eigenvalue weighted by atomic mass is 10.1. The number of halogens is 4. The number of thioether (sulfide) groups is 1. The molecule has 1 heterocycles. The van der Waals surface area contributed by atoms with Crippen LogP contribution < -0.4 is 10.6 Å². The molecule has 8 heteroatoms. The van der Waals surface area contributed by atoms with Gasteiger partial charge >= 0.3 is 0 Å². The van der Waals surface area contributed by atoms with Crippen LogP contribution >= 0.6 is 58.2 Å². The van der Waals surface area contributed by atoms with Gasteiger partial charge in [0.15, 0.2) is 4.84 Å². The minimum Gasteiger partial charge on any atom is -0.324 e. The van der Waals surface area contributed by atoms with E-state index in [0.29, 0.717) is 15.7 Å². The fourth-order valence-corrected chi connectivity index (χ4v) is 4.64. The van der Waals surface area contributed by atoms with Crippen molar-refractivity contribution >= 4 is 69.8 Å². The molecule has 0 radical (unpaired) electrons. The van der Waals surface area contributed by atoms with Crippen molar-refractivity contribution in [3.05, 3.63) is 63.6 Å². The number of hydrogen-bond acceptors (Lipinski definition) is 3. The van der Waals surface area contributed by atoms with Crippen molar-refractivity contribution in [1.29, 1.82) is 0 Å². The summed E-state index contributed by atoms with van der Waals surface area (Å²) in [6.07, 6.45) is 0. The molecular weight excluding hydrogens is 422 g/mol. The molecule has 2 unspecified atom stereocenters. The van der Waals surface area contributed by atoms with E-state index in [1.807, 2.05) is 42.5 Å². The normalized spacial score (nSPS) is 20.0. The summed E-state index contributed by atoms with van der Waals surface area (Å²) in [4.78, 5) is 10.4. The third-order valence-corrected chi connectivity index (χ3v) is 6.13. The predicted molar refractivity (Wildman–Crippen MR) is 108 cm³/mol. The van der Waals surface area contributed by atoms with Crippen LogP contribution in [0.15, 0.2) is 42.5 Å². The Hall–Kier alpha value is -0.620. The highest BCUT2D eigenvalue weighted by atomic mass is 35.5. The highest BCUT2D eigenvalue weighted by molar-refractivity contribution is 7.99. The first-order chi connectivity index (χ1) is 12.0. The van der Waals surface area contributed by atoms with Gasteiger partial charge < -0.3 is 5.32 Å². The maximum Gasteiger partial charge on any atom is 0.257 e. The monoisotopic (exact) mass is 434 g/mol. The first kappa shape index (κ1) is 19.2. The van der Waals surface area contributed by atoms with Gasteiger partial charge in [0.25, 0.3) is 5.91 Å². The smallest absolute Gasteiger partial charge is 0.257 e. The van der Waals surface area contributed by atoms with Gasteiger partial charge in [-0.2, -0.15) is 0 Å². The summed E-state index contributed by atoms with van der Waals surface area (Å²) in [6, 6.07) is 13.2. The lowest BCUT2D eigenvalue weighted by molar-refractivity contribution is -0.114. The molecule has 3 rings (SSSR count). The van der Waals surface area contributed by atoms with E-state index in [2.05, 4.69) is 10.6 Å². The maximum atomic E-state index is 11.5. The van der Waals surface area contributed by atoms with Crippen LogP contribution in [0, 0.1) is 0 Å². The third-order valence-electron chi connectivity index (χ3n) is 3.81. The Bertz CT molecular complexity index is 749. The van der Waals surface area contributed by atoms with Crippen molar-refractivity contribution in [3.8, 4) is 0 Å². The standard InChI is InChI=1S/C17H14Cl4N2OS/c18-11-2-1-3-12(19)14(11)13-8-25-17(23-13)9-4-6-10(7-5-9)22-16(24)15(20)21/h1-7,13,15,17,23H,8H2,(H,22,24). The molecule has 1 aliphatic heterocycles. The molecule has 2 aromatic carbocycles. The quantitative estimate of drug-likeness (QED) is 0.595. The molecule has 0 saturated carbocycles. The molecule has 2 N–H and O–H groups in total. The van der Waals surface area contributed by atoms with E-state index in [0.717, 1.165) is 16.9 Å². The predicted octanol–water partition coefficient (Wildman–Crippen LogP) is 5.81. The number of carbonyl (C=O) groups excluding carboxylic acids is 1. The molecule has 2 atom stereocenters. The summed E-state index contributed by atoms with van der Waals surface area (Å²) in [7, 11) is 0. The van der Waals surface area contributed by atoms with Crippen molar-refractivity contribution in [2.75, 3.05) is 11.1 Å². The van der Waals surface area contributed by atoms with E-state index < -0.39 is 10.7 Å². The van der Waals surface area contributed by atoms with Crippen LogP contribution in [-0.4, -0.2) is 16.5 Å². The summed E-state index contributed by atoms with van der Waals surface area (Å²) in [6.45, 7) is 0. The number of anilines is 1. The molecule has 1 aliphatic rings. The Morgan fingerprint density at radius 3 is 2.36 bits per heavy atom. The van der Waals surface area contributed by atoms with Gasteiger partial charge in [0.05, 0.1) is 5.37 Å². The topological polar surface area (TPSA) is 41.1 Å². The van der Waals surface area contributed by atoms with Crippen LogP contribution in [0.2, 0.25) is 10.0 Å². The number of rotatable bonds is 4. The molecule has 1 saturated heterocycles. The van der Waals surface area contributed by atoms with Crippen molar-refractivity contribution < 1.29 is 4.79 Å². The van der Waals surface area contributed by atoms with Crippen LogP contribution in [-0.2, 0) is 4.79 Å². The molecule has 2 aromatic rings. The van der Waals surface area contributed by atoms with Gasteiger partial charge in [-0.25, -0.2) is 0 Å². The Kier molecular flexibility index (Phi) is 6.42. The number of nitrogens with one attached hydrogen (secondary N) is 2. The molecule has 132 valence electrons. The van der Waals surface area contributed by atoms with Crippen LogP contribution in [0.3, 0.4) is 0 Å². The second kappa shape index (κ2) is 8.38. The van der Waals surface area contributed by atoms with Crippen LogP contribution in [0.4, 0.5) is 5.69 Å². The Labute approximate surface area is 170 Å². The fourth-order valence-electron chi connectivity index (χ4n) is 2.61. The molecule has 0 aromatic heterocycles. The van der Waals surface area contributed by atoms with Crippen LogP contribution in [0.5, 0.6) is 0 Å². The lowest BCUT2D eigenvalue weighted by Gasteiger charge is -2.16. The first-order valence-electron chi connectivity index (χ1n) is 7.46. The van der Waals surface area contributed by atoms with Gasteiger partial charge in [0.1, 0.15) is 0 Å². The molecule has 1 fully saturated rings. The van der Waals surface area contributed by atoms with Gasteiger partial charge in [0.2, 0.25) is 0 Å². The second-order valence-corrected chi connectivity index (χ2v) is 8.53. The Morgan fingerprint density at radius 2 is 1.76 bits per heavy atom. The Morgan fingerprint density at radius 1 is 1.12 bits per heavy atom. The maximum absolute atomic E-state index is 11.5. The first-order valence-corrected chi connectivity index (χ1v) is 10.1. The summed E-state index contributed by atoms with van der Waals surface area (Å²) in [5.74, 6) is 0.421. The minimum atomic E-state index is -1.09. The van der Waals surface area contributed by atoms with Crippen molar-refractivity contribution in [1.82, 2.24) is 5.32 Å². The summed E-state index contributed by atoms with van der Waals surface area (Å²) in [5.41, 5.74) is 2.68. The number of alkyl halides is 2. The molecule has 0 bridgehead atoms. The molecule has 0 aliphatic carbocycles. The van der Waals surface area contributed by atoms with Crippen LogP contribution in [0.1, 0.15) is 22.5 Å². The molecular formula is C17H14Cl4N2OS. The zero-order valence-corrected chi connectivity index (χ0v) is 16.6. The van der Waals surface area contributed by atoms with Gasteiger partial charge in [0, 0.05) is 33.1 Å². The van der Waals surface area contributed by atoms with E-state index in [9.17, 15) is 4.79 Å². The second-order valence-electron chi connectivity index (χ2n) is 5.48. The largest absolute Gasteiger partial charge is 0.324 e. The molecule has 3 nitrogen and oxygen atoms in total. The average Bonchev–Trinajstić information content (AvgIpc) is 3.05. The highest BCUT2D eigenvalue weighted by Gasteiger charge is 2.29. The minimum absolute atomic E-state index is 0.0869. The van der Waals surface area contributed by atoms with Gasteiger partial charge in [-0.05, 0) is 29.8 Å².